The maximum Gasteiger partial charge on any atom is 0.317 e. The molecule has 0 saturated heterocycles. The maximum absolute atomic E-state index is 13.0. The molecule has 1 aromatic rings. The average molecular weight is 298 g/mol. The summed E-state index contributed by atoms with van der Waals surface area (Å²) in [5, 5.41) is 11.9. The molecular formula is C15H23FN2O3. The predicted molar refractivity (Wildman–Crippen MR) is 78.8 cm³/mol. The van der Waals surface area contributed by atoms with Gasteiger partial charge in [0.2, 0.25) is 0 Å². The van der Waals surface area contributed by atoms with Gasteiger partial charge in [0.25, 0.3) is 0 Å². The van der Waals surface area contributed by atoms with Crippen molar-refractivity contribution in [3.8, 4) is 5.75 Å². The molecule has 1 rings (SSSR count). The molecular weight excluding hydrogens is 275 g/mol. The van der Waals surface area contributed by atoms with Crippen LogP contribution in [0.25, 0.3) is 0 Å². The van der Waals surface area contributed by atoms with Crippen molar-refractivity contribution in [2.24, 2.45) is 0 Å². The van der Waals surface area contributed by atoms with E-state index in [-0.39, 0.29) is 18.0 Å². The summed E-state index contributed by atoms with van der Waals surface area (Å²) in [6, 6.07) is 5.64. The Kier molecular flexibility index (Phi) is 6.94. The van der Waals surface area contributed by atoms with E-state index in [1.165, 1.54) is 17.0 Å². The quantitative estimate of drug-likeness (QED) is 0.809. The number of rotatable bonds is 7. The van der Waals surface area contributed by atoms with Crippen LogP contribution >= 0.6 is 0 Å². The molecule has 0 saturated carbocycles. The largest absolute Gasteiger partial charge is 0.489 e. The lowest BCUT2D eigenvalue weighted by atomic mass is 10.3. The van der Waals surface area contributed by atoms with Crippen molar-refractivity contribution in [2.75, 3.05) is 20.1 Å². The van der Waals surface area contributed by atoms with E-state index in [1.807, 2.05) is 0 Å². The number of ether oxygens (including phenoxy) is 1. The molecule has 0 radical (unpaired) electrons. The molecule has 2 atom stereocenters. The van der Waals surface area contributed by atoms with Gasteiger partial charge in [-0.15, -0.1) is 0 Å². The number of halogens is 1. The standard InChI is InChI=1S/C15H23FN2O3/c1-11(19)7-8-18(3)15(20)17-10-12(2)21-14-6-4-5-13(16)9-14/h4-6,9,11-12,19H,7-8,10H2,1-3H3,(H,17,20). The summed E-state index contributed by atoms with van der Waals surface area (Å²) in [6.45, 7) is 4.26. The van der Waals surface area contributed by atoms with Crippen molar-refractivity contribution in [1.29, 1.82) is 0 Å². The van der Waals surface area contributed by atoms with E-state index in [0.29, 0.717) is 25.3 Å². The Morgan fingerprint density at radius 3 is 2.81 bits per heavy atom. The Morgan fingerprint density at radius 1 is 1.48 bits per heavy atom. The van der Waals surface area contributed by atoms with E-state index in [9.17, 15) is 14.3 Å². The summed E-state index contributed by atoms with van der Waals surface area (Å²) < 4.78 is 18.5. The fourth-order valence-electron chi connectivity index (χ4n) is 1.66. The van der Waals surface area contributed by atoms with Crippen LogP contribution in [0.4, 0.5) is 9.18 Å². The Hall–Kier alpha value is -1.82. The number of nitrogens with zero attached hydrogens (tertiary/aromatic N) is 1. The lowest BCUT2D eigenvalue weighted by Crippen LogP contribution is -2.42. The number of amides is 2. The molecule has 1 aromatic carbocycles. The zero-order chi connectivity index (χ0) is 15.8. The van der Waals surface area contributed by atoms with Crippen LogP contribution in [0.15, 0.2) is 24.3 Å². The summed E-state index contributed by atoms with van der Waals surface area (Å²) in [4.78, 5) is 13.3. The van der Waals surface area contributed by atoms with Crippen molar-refractivity contribution >= 4 is 6.03 Å². The summed E-state index contributed by atoms with van der Waals surface area (Å²) in [7, 11) is 1.66. The van der Waals surface area contributed by atoms with Crippen LogP contribution in [-0.4, -0.2) is 48.4 Å². The molecule has 21 heavy (non-hydrogen) atoms. The third-order valence-electron chi connectivity index (χ3n) is 2.90. The number of hydrogen-bond donors (Lipinski definition) is 2. The number of aliphatic hydroxyl groups is 1. The van der Waals surface area contributed by atoms with Crippen LogP contribution in [0.5, 0.6) is 5.75 Å². The van der Waals surface area contributed by atoms with Gasteiger partial charge in [-0.25, -0.2) is 9.18 Å². The number of aliphatic hydroxyl groups excluding tert-OH is 1. The van der Waals surface area contributed by atoms with E-state index in [4.69, 9.17) is 4.74 Å². The summed E-state index contributed by atoms with van der Waals surface area (Å²) in [5.74, 6) is 0.0702. The SMILES string of the molecule is CC(O)CCN(C)C(=O)NCC(C)Oc1cccc(F)c1. The number of carbonyl (C=O) groups is 1. The van der Waals surface area contributed by atoms with E-state index in [0.717, 1.165) is 0 Å². The second-order valence-corrected chi connectivity index (χ2v) is 5.13. The summed E-state index contributed by atoms with van der Waals surface area (Å²) in [6.07, 6.45) is -0.185. The van der Waals surface area contributed by atoms with Gasteiger partial charge >= 0.3 is 6.03 Å². The number of carbonyl (C=O) groups excluding carboxylic acids is 1. The van der Waals surface area contributed by atoms with Crippen LogP contribution in [0.1, 0.15) is 20.3 Å². The van der Waals surface area contributed by atoms with Crippen molar-refractivity contribution in [2.45, 2.75) is 32.5 Å². The molecule has 2 unspecified atom stereocenters. The lowest BCUT2D eigenvalue weighted by Gasteiger charge is -2.21. The van der Waals surface area contributed by atoms with Gasteiger partial charge in [-0.05, 0) is 32.4 Å². The van der Waals surface area contributed by atoms with Crippen LogP contribution in [-0.2, 0) is 0 Å². The van der Waals surface area contributed by atoms with E-state index in [1.54, 1.807) is 33.0 Å². The zero-order valence-corrected chi connectivity index (χ0v) is 12.7. The van der Waals surface area contributed by atoms with Gasteiger partial charge in [0.15, 0.2) is 0 Å². The zero-order valence-electron chi connectivity index (χ0n) is 12.7. The summed E-state index contributed by atoms with van der Waals surface area (Å²) in [5.41, 5.74) is 0. The van der Waals surface area contributed by atoms with Gasteiger partial charge in [-0.1, -0.05) is 6.07 Å². The molecule has 0 aromatic heterocycles. The molecule has 5 nitrogen and oxygen atoms in total. The highest BCUT2D eigenvalue weighted by atomic mass is 19.1. The molecule has 0 spiro atoms. The Morgan fingerprint density at radius 2 is 2.19 bits per heavy atom. The van der Waals surface area contributed by atoms with Gasteiger partial charge in [-0.3, -0.25) is 0 Å². The predicted octanol–water partition coefficient (Wildman–Crippen LogP) is 2.01. The van der Waals surface area contributed by atoms with Crippen molar-refractivity contribution in [3.05, 3.63) is 30.1 Å². The average Bonchev–Trinajstić information content (AvgIpc) is 2.42. The number of hydrogen-bond acceptors (Lipinski definition) is 3. The minimum Gasteiger partial charge on any atom is -0.489 e. The van der Waals surface area contributed by atoms with Crippen LogP contribution in [0, 0.1) is 5.82 Å². The second kappa shape index (κ2) is 8.46. The van der Waals surface area contributed by atoms with Crippen molar-refractivity contribution in [1.82, 2.24) is 10.2 Å². The molecule has 118 valence electrons. The van der Waals surface area contributed by atoms with Crippen molar-refractivity contribution < 1.29 is 19.0 Å². The smallest absolute Gasteiger partial charge is 0.317 e. The molecule has 0 heterocycles. The van der Waals surface area contributed by atoms with Crippen molar-refractivity contribution in [3.63, 3.8) is 0 Å². The maximum atomic E-state index is 13.0. The monoisotopic (exact) mass is 298 g/mol. The van der Waals surface area contributed by atoms with Gasteiger partial charge in [0.1, 0.15) is 17.7 Å². The molecule has 0 aliphatic carbocycles. The van der Waals surface area contributed by atoms with E-state index in [2.05, 4.69) is 5.32 Å². The molecule has 2 amide bonds. The first-order valence-corrected chi connectivity index (χ1v) is 6.97. The van der Waals surface area contributed by atoms with Gasteiger partial charge in [-0.2, -0.15) is 0 Å². The van der Waals surface area contributed by atoms with Gasteiger partial charge < -0.3 is 20.1 Å². The highest BCUT2D eigenvalue weighted by Crippen LogP contribution is 2.13. The molecule has 6 heteroatoms. The molecule has 0 aliphatic rings. The normalized spacial score (nSPS) is 13.4. The third kappa shape index (κ3) is 6.94. The lowest BCUT2D eigenvalue weighted by molar-refractivity contribution is 0.160. The van der Waals surface area contributed by atoms with Crippen LogP contribution in [0.2, 0.25) is 0 Å². The van der Waals surface area contributed by atoms with Gasteiger partial charge in [0, 0.05) is 19.7 Å². The summed E-state index contributed by atoms with van der Waals surface area (Å²) >= 11 is 0. The van der Waals surface area contributed by atoms with Crippen LogP contribution < -0.4 is 10.1 Å². The fourth-order valence-corrected chi connectivity index (χ4v) is 1.66. The Bertz CT molecular complexity index is 454. The van der Waals surface area contributed by atoms with Gasteiger partial charge in [0.05, 0.1) is 12.6 Å². The number of urea groups is 1. The number of nitrogens with one attached hydrogen (secondary N) is 1. The molecule has 0 aliphatic heterocycles. The molecule has 0 fully saturated rings. The van der Waals surface area contributed by atoms with E-state index >= 15 is 0 Å². The first-order chi connectivity index (χ1) is 9.88. The second-order valence-electron chi connectivity index (χ2n) is 5.13. The highest BCUT2D eigenvalue weighted by Gasteiger charge is 2.11. The fraction of sp³-hybridized carbons (Fsp3) is 0.533. The first kappa shape index (κ1) is 17.2. The first-order valence-electron chi connectivity index (χ1n) is 6.97. The third-order valence-corrected chi connectivity index (χ3v) is 2.90. The Labute approximate surface area is 124 Å². The highest BCUT2D eigenvalue weighted by molar-refractivity contribution is 5.73. The van der Waals surface area contributed by atoms with E-state index < -0.39 is 6.10 Å². The minimum absolute atomic E-state index is 0.231. The number of benzene rings is 1. The topological polar surface area (TPSA) is 61.8 Å². The van der Waals surface area contributed by atoms with Crippen LogP contribution in [0.3, 0.4) is 0 Å². The molecule has 0 bridgehead atoms. The Balaban J connectivity index is 2.32. The molecule has 2 N–H and O–H groups in total. The minimum atomic E-state index is -0.435.